The Morgan fingerprint density at radius 1 is 1.19 bits per heavy atom. The summed E-state index contributed by atoms with van der Waals surface area (Å²) in [4.78, 5) is 11.4. The third-order valence-electron chi connectivity index (χ3n) is 5.20. The second-order valence-electron chi connectivity index (χ2n) is 7.15. The minimum atomic E-state index is -5.46. The molecule has 0 aliphatic heterocycles. The van der Waals surface area contributed by atoms with Gasteiger partial charge in [-0.2, -0.15) is 18.2 Å². The molecule has 4 rings (SSSR count). The predicted octanol–water partition coefficient (Wildman–Crippen LogP) is 3.89. The van der Waals surface area contributed by atoms with Crippen LogP contribution in [0, 0.1) is 0 Å². The molecule has 0 saturated heterocycles. The Morgan fingerprint density at radius 3 is 2.58 bits per heavy atom. The highest BCUT2D eigenvalue weighted by Gasteiger charge is 2.47. The van der Waals surface area contributed by atoms with Crippen LogP contribution in [-0.4, -0.2) is 28.9 Å². The summed E-state index contributed by atoms with van der Waals surface area (Å²) in [6, 6.07) is 3.43. The molecular weight excluding hydrogens is 435 g/mol. The lowest BCUT2D eigenvalue weighted by Crippen LogP contribution is -2.23. The minimum Gasteiger partial charge on any atom is -0.451 e. The molecule has 3 aromatic rings. The van der Waals surface area contributed by atoms with Gasteiger partial charge in [0.25, 0.3) is 9.84 Å². The summed E-state index contributed by atoms with van der Waals surface area (Å²) in [6.45, 7) is 0.263. The smallest absolute Gasteiger partial charge is 0.451 e. The van der Waals surface area contributed by atoms with E-state index in [1.54, 1.807) is 0 Å². The van der Waals surface area contributed by atoms with Gasteiger partial charge in [0.05, 0.1) is 17.1 Å². The first-order valence-corrected chi connectivity index (χ1v) is 10.8. The lowest BCUT2D eigenvalue weighted by atomic mass is 9.77. The molecule has 12 heteroatoms. The van der Waals surface area contributed by atoms with E-state index in [0.29, 0.717) is 28.2 Å². The first kappa shape index (κ1) is 21.1. The van der Waals surface area contributed by atoms with Crippen LogP contribution in [-0.2, 0) is 16.4 Å². The van der Waals surface area contributed by atoms with Crippen molar-refractivity contribution in [1.29, 1.82) is 0 Å². The summed E-state index contributed by atoms with van der Waals surface area (Å²) in [7, 11) is -5.46. The standard InChI is InChI=1S/C19H18F3N5O3S/c20-19(21,22)31(28,29)13-4-5-14(15(6-13)11-2-1-3-11)16-8-25-18(23)27-17(16)24-7-12-9-30-10-26-12/h4-6,8-11H,1-3,7H2,(H3,23,24,25,27). The molecule has 0 amide bonds. The van der Waals surface area contributed by atoms with Crippen LogP contribution in [0.5, 0.6) is 0 Å². The number of halogens is 3. The number of benzene rings is 1. The molecule has 0 radical (unpaired) electrons. The number of hydrogen-bond acceptors (Lipinski definition) is 8. The van der Waals surface area contributed by atoms with Gasteiger partial charge in [0.2, 0.25) is 5.95 Å². The molecule has 8 nitrogen and oxygen atoms in total. The lowest BCUT2D eigenvalue weighted by Gasteiger charge is -2.29. The van der Waals surface area contributed by atoms with E-state index in [2.05, 4.69) is 20.3 Å². The zero-order chi connectivity index (χ0) is 22.2. The molecule has 0 unspecified atom stereocenters. The topological polar surface area (TPSA) is 124 Å². The van der Waals surface area contributed by atoms with E-state index in [-0.39, 0.29) is 18.4 Å². The quantitative estimate of drug-likeness (QED) is 0.576. The van der Waals surface area contributed by atoms with Crippen LogP contribution < -0.4 is 11.1 Å². The second-order valence-corrected chi connectivity index (χ2v) is 9.09. The van der Waals surface area contributed by atoms with Crippen molar-refractivity contribution in [3.63, 3.8) is 0 Å². The molecule has 2 aromatic heterocycles. The average Bonchev–Trinajstić information content (AvgIpc) is 3.18. The maximum Gasteiger partial charge on any atom is 0.501 e. The summed E-state index contributed by atoms with van der Waals surface area (Å²) in [5.41, 5.74) is 2.50. The maximum absolute atomic E-state index is 13.1. The third kappa shape index (κ3) is 4.07. The van der Waals surface area contributed by atoms with Crippen LogP contribution in [0.2, 0.25) is 0 Å². The molecule has 1 fully saturated rings. The molecule has 0 atom stereocenters. The SMILES string of the molecule is Nc1ncc(-c2ccc(S(=O)(=O)C(F)(F)F)cc2C2CCC2)c(NCc2cocn2)n1. The third-order valence-corrected chi connectivity index (χ3v) is 6.68. The molecule has 3 N–H and O–H groups in total. The normalized spacial score (nSPS) is 14.9. The second kappa shape index (κ2) is 7.84. The lowest BCUT2D eigenvalue weighted by molar-refractivity contribution is -0.0436. The van der Waals surface area contributed by atoms with Crippen molar-refractivity contribution in [1.82, 2.24) is 15.0 Å². The number of nitrogens with zero attached hydrogens (tertiary/aromatic N) is 3. The Kier molecular flexibility index (Phi) is 5.33. The molecule has 164 valence electrons. The van der Waals surface area contributed by atoms with Gasteiger partial charge in [-0.3, -0.25) is 0 Å². The van der Waals surface area contributed by atoms with Gasteiger partial charge >= 0.3 is 5.51 Å². The van der Waals surface area contributed by atoms with Gasteiger partial charge in [0, 0.05) is 11.8 Å². The first-order chi connectivity index (χ1) is 14.7. The van der Waals surface area contributed by atoms with Gasteiger partial charge in [-0.05, 0) is 42.0 Å². The Balaban J connectivity index is 1.79. The highest BCUT2D eigenvalue weighted by atomic mass is 32.2. The molecule has 0 spiro atoms. The van der Waals surface area contributed by atoms with Gasteiger partial charge in [-0.15, -0.1) is 0 Å². The van der Waals surface area contributed by atoms with Gasteiger partial charge in [0.1, 0.15) is 12.1 Å². The number of nitrogens with one attached hydrogen (secondary N) is 1. The Bertz CT molecular complexity index is 1190. The minimum absolute atomic E-state index is 0.00728. The number of nitrogen functional groups attached to an aromatic ring is 1. The summed E-state index contributed by atoms with van der Waals surface area (Å²) in [5, 5.41) is 3.07. The van der Waals surface area contributed by atoms with Crippen molar-refractivity contribution in [2.75, 3.05) is 11.1 Å². The average molecular weight is 453 g/mol. The van der Waals surface area contributed by atoms with E-state index in [1.807, 2.05) is 0 Å². The molecule has 1 saturated carbocycles. The van der Waals surface area contributed by atoms with Crippen molar-refractivity contribution in [2.45, 2.75) is 42.1 Å². The predicted molar refractivity (Wildman–Crippen MR) is 106 cm³/mol. The van der Waals surface area contributed by atoms with E-state index >= 15 is 0 Å². The highest BCUT2D eigenvalue weighted by Crippen LogP contribution is 2.44. The molecule has 31 heavy (non-hydrogen) atoms. The molecule has 0 bridgehead atoms. The van der Waals surface area contributed by atoms with Crippen LogP contribution in [0.25, 0.3) is 11.1 Å². The maximum atomic E-state index is 13.1. The van der Waals surface area contributed by atoms with Crippen LogP contribution in [0.3, 0.4) is 0 Å². The van der Waals surface area contributed by atoms with Gasteiger partial charge < -0.3 is 15.5 Å². The van der Waals surface area contributed by atoms with E-state index in [9.17, 15) is 21.6 Å². The van der Waals surface area contributed by atoms with Crippen molar-refractivity contribution >= 4 is 21.6 Å². The fourth-order valence-corrected chi connectivity index (χ4v) is 4.17. The number of aromatic nitrogens is 3. The van der Waals surface area contributed by atoms with E-state index in [4.69, 9.17) is 10.2 Å². The van der Waals surface area contributed by atoms with Crippen LogP contribution in [0.1, 0.15) is 36.4 Å². The fraction of sp³-hybridized carbons (Fsp3) is 0.316. The highest BCUT2D eigenvalue weighted by molar-refractivity contribution is 7.92. The Labute approximate surface area is 175 Å². The molecule has 1 aromatic carbocycles. The number of sulfone groups is 1. The zero-order valence-corrected chi connectivity index (χ0v) is 16.9. The van der Waals surface area contributed by atoms with Gasteiger partial charge in [-0.1, -0.05) is 12.5 Å². The Morgan fingerprint density at radius 2 is 1.97 bits per heavy atom. The van der Waals surface area contributed by atoms with Crippen molar-refractivity contribution in [3.8, 4) is 11.1 Å². The summed E-state index contributed by atoms with van der Waals surface area (Å²) in [6.07, 6.45) is 6.60. The number of anilines is 2. The number of nitrogens with two attached hydrogens (primary N) is 1. The first-order valence-electron chi connectivity index (χ1n) is 9.36. The van der Waals surface area contributed by atoms with Gasteiger partial charge in [-0.25, -0.2) is 18.4 Å². The van der Waals surface area contributed by atoms with Gasteiger partial charge in [0.15, 0.2) is 6.39 Å². The van der Waals surface area contributed by atoms with Crippen molar-refractivity contribution < 1.29 is 26.0 Å². The largest absolute Gasteiger partial charge is 0.501 e. The molecule has 1 aliphatic carbocycles. The van der Waals surface area contributed by atoms with Crippen LogP contribution >= 0.6 is 0 Å². The molecule has 1 aliphatic rings. The van der Waals surface area contributed by atoms with E-state index < -0.39 is 20.2 Å². The number of oxazole rings is 1. The van der Waals surface area contributed by atoms with Crippen LogP contribution in [0.15, 0.2) is 46.4 Å². The Hall–Kier alpha value is -3.15. The monoisotopic (exact) mass is 453 g/mol. The van der Waals surface area contributed by atoms with Crippen molar-refractivity contribution in [3.05, 3.63) is 48.3 Å². The van der Waals surface area contributed by atoms with E-state index in [0.717, 1.165) is 31.4 Å². The van der Waals surface area contributed by atoms with Crippen molar-refractivity contribution in [2.24, 2.45) is 0 Å². The number of hydrogen-bond donors (Lipinski definition) is 2. The summed E-state index contributed by atoms with van der Waals surface area (Å²) < 4.78 is 68.0. The fourth-order valence-electron chi connectivity index (χ4n) is 3.37. The summed E-state index contributed by atoms with van der Waals surface area (Å²) in [5.74, 6) is 0.301. The van der Waals surface area contributed by atoms with Crippen LogP contribution in [0.4, 0.5) is 24.9 Å². The number of rotatable bonds is 6. The number of alkyl halides is 3. The zero-order valence-electron chi connectivity index (χ0n) is 16.1. The van der Waals surface area contributed by atoms with E-state index in [1.165, 1.54) is 24.9 Å². The molecule has 2 heterocycles. The molecular formula is C19H18F3N5O3S. The summed E-state index contributed by atoms with van der Waals surface area (Å²) >= 11 is 0.